The molecular weight excluding hydrogens is 264 g/mol. The summed E-state index contributed by atoms with van der Waals surface area (Å²) in [4.78, 5) is 0. The molecule has 0 amide bonds. The summed E-state index contributed by atoms with van der Waals surface area (Å²) in [7, 11) is -3.73. The van der Waals surface area contributed by atoms with Gasteiger partial charge >= 0.3 is 0 Å². The van der Waals surface area contributed by atoms with Crippen molar-refractivity contribution < 1.29 is 8.42 Å². The molecule has 1 aromatic rings. The first-order valence-corrected chi connectivity index (χ1v) is 8.47. The van der Waals surface area contributed by atoms with Crippen molar-refractivity contribution in [3.8, 4) is 0 Å². The van der Waals surface area contributed by atoms with Crippen molar-refractivity contribution in [2.45, 2.75) is 56.5 Å². The Hall–Kier alpha value is -0.950. The summed E-state index contributed by atoms with van der Waals surface area (Å²) in [5.41, 5.74) is 0.613. The highest BCUT2D eigenvalue weighted by Crippen LogP contribution is 2.60. The second-order valence-corrected chi connectivity index (χ2v) is 7.47. The minimum atomic E-state index is -3.73. The van der Waals surface area contributed by atoms with Crippen LogP contribution in [-0.2, 0) is 16.6 Å². The van der Waals surface area contributed by atoms with Crippen LogP contribution >= 0.6 is 0 Å². The summed E-state index contributed by atoms with van der Waals surface area (Å²) in [5.74, 6) is 0.767. The lowest BCUT2D eigenvalue weighted by atomic mass is 9.75. The molecule has 19 heavy (non-hydrogen) atoms. The maximum Gasteiger partial charge on any atom is 0.259 e. The van der Waals surface area contributed by atoms with Gasteiger partial charge in [-0.1, -0.05) is 18.1 Å². The number of nitrogens with two attached hydrogens (primary N) is 1. The lowest BCUT2D eigenvalue weighted by Crippen LogP contribution is -2.22. The Morgan fingerprint density at radius 1 is 1.37 bits per heavy atom. The van der Waals surface area contributed by atoms with Crippen LogP contribution in [0.1, 0.15) is 44.9 Å². The molecule has 0 aromatic carbocycles. The molecule has 3 rings (SSSR count). The number of aryl methyl sites for hydroxylation is 1. The Labute approximate surface area is 113 Å². The maximum absolute atomic E-state index is 11.1. The first kappa shape index (κ1) is 13.1. The Balaban J connectivity index is 1.62. The Bertz CT molecular complexity index is 562. The average molecular weight is 284 g/mol. The van der Waals surface area contributed by atoms with Gasteiger partial charge in [-0.25, -0.2) is 13.6 Å². The first-order chi connectivity index (χ1) is 9.00. The van der Waals surface area contributed by atoms with Crippen LogP contribution < -0.4 is 5.14 Å². The van der Waals surface area contributed by atoms with Crippen molar-refractivity contribution in [1.82, 2.24) is 15.0 Å². The van der Waals surface area contributed by atoms with Crippen LogP contribution in [0.3, 0.4) is 0 Å². The number of hydrogen-bond donors (Lipinski definition) is 1. The molecule has 6 nitrogen and oxygen atoms in total. The fraction of sp³-hybridized carbons (Fsp3) is 0.833. The van der Waals surface area contributed by atoms with Gasteiger partial charge in [-0.3, -0.25) is 4.68 Å². The van der Waals surface area contributed by atoms with Gasteiger partial charge in [0.1, 0.15) is 0 Å². The highest BCUT2D eigenvalue weighted by Gasteiger charge is 2.49. The number of hydrogen-bond acceptors (Lipinski definition) is 4. The molecule has 7 heteroatoms. The molecule has 1 spiro atoms. The van der Waals surface area contributed by atoms with E-state index in [1.54, 1.807) is 4.68 Å². The monoisotopic (exact) mass is 284 g/mol. The summed E-state index contributed by atoms with van der Waals surface area (Å²) in [6.45, 7) is 0.731. The molecule has 0 aliphatic heterocycles. The highest BCUT2D eigenvalue weighted by atomic mass is 32.2. The molecule has 1 aromatic heterocycles. The lowest BCUT2D eigenvalue weighted by Gasteiger charge is -2.31. The number of nitrogens with zero attached hydrogens (tertiary/aromatic N) is 3. The van der Waals surface area contributed by atoms with E-state index in [1.807, 2.05) is 0 Å². The van der Waals surface area contributed by atoms with Crippen molar-refractivity contribution in [2.75, 3.05) is 0 Å². The second-order valence-electron chi connectivity index (χ2n) is 5.96. The molecule has 2 fully saturated rings. The van der Waals surface area contributed by atoms with Crippen LogP contribution in [0.4, 0.5) is 0 Å². The third kappa shape index (κ3) is 2.67. The van der Waals surface area contributed by atoms with E-state index in [4.69, 9.17) is 5.14 Å². The van der Waals surface area contributed by atoms with E-state index in [2.05, 4.69) is 10.3 Å². The number of primary sulfonamides is 1. The van der Waals surface area contributed by atoms with Crippen LogP contribution in [0.2, 0.25) is 0 Å². The second kappa shape index (κ2) is 4.56. The van der Waals surface area contributed by atoms with E-state index in [0.29, 0.717) is 5.41 Å². The van der Waals surface area contributed by atoms with Gasteiger partial charge in [0, 0.05) is 6.54 Å². The van der Waals surface area contributed by atoms with Crippen molar-refractivity contribution in [3.05, 3.63) is 6.20 Å². The minimum Gasteiger partial charge on any atom is -0.251 e. The van der Waals surface area contributed by atoms with Crippen LogP contribution in [-0.4, -0.2) is 23.4 Å². The third-order valence-corrected chi connectivity index (χ3v) is 5.52. The van der Waals surface area contributed by atoms with E-state index in [9.17, 15) is 8.42 Å². The average Bonchev–Trinajstić information content (AvgIpc) is 2.93. The number of sulfonamides is 1. The third-order valence-electron chi connectivity index (χ3n) is 4.75. The van der Waals surface area contributed by atoms with Crippen molar-refractivity contribution in [1.29, 1.82) is 0 Å². The molecular formula is C12H20N4O2S. The Morgan fingerprint density at radius 3 is 2.79 bits per heavy atom. The molecule has 0 bridgehead atoms. The SMILES string of the molecule is NS(=O)(=O)c1cn(CCC2CCCCC23CC3)nn1. The van der Waals surface area contributed by atoms with E-state index < -0.39 is 10.0 Å². The molecule has 2 N–H and O–H groups in total. The van der Waals surface area contributed by atoms with Crippen molar-refractivity contribution in [2.24, 2.45) is 16.5 Å². The van der Waals surface area contributed by atoms with E-state index in [0.717, 1.165) is 18.9 Å². The predicted octanol–water partition coefficient (Wildman–Crippen LogP) is 1.29. The summed E-state index contributed by atoms with van der Waals surface area (Å²) in [5, 5.41) is 12.3. The van der Waals surface area contributed by atoms with Gasteiger partial charge in [-0.05, 0) is 43.4 Å². The molecule has 0 saturated heterocycles. The maximum atomic E-state index is 11.1. The van der Waals surface area contributed by atoms with E-state index in [1.165, 1.54) is 44.7 Å². The number of rotatable bonds is 4. The molecule has 2 aliphatic rings. The topological polar surface area (TPSA) is 90.9 Å². The molecule has 1 heterocycles. The van der Waals surface area contributed by atoms with Gasteiger partial charge in [0.25, 0.3) is 10.0 Å². The fourth-order valence-corrected chi connectivity index (χ4v) is 3.87. The summed E-state index contributed by atoms with van der Waals surface area (Å²) >= 11 is 0. The zero-order valence-electron chi connectivity index (χ0n) is 11.0. The van der Waals surface area contributed by atoms with Gasteiger partial charge in [-0.15, -0.1) is 5.10 Å². The standard InChI is InChI=1S/C12H20N4O2S/c13-19(17,18)11-9-16(15-14-11)8-4-10-3-1-2-5-12(10)6-7-12/h9-10H,1-8H2,(H2,13,17,18). The van der Waals surface area contributed by atoms with E-state index >= 15 is 0 Å². The van der Waals surface area contributed by atoms with Gasteiger partial charge in [0.15, 0.2) is 0 Å². The largest absolute Gasteiger partial charge is 0.259 e. The molecule has 1 unspecified atom stereocenters. The quantitative estimate of drug-likeness (QED) is 0.901. The van der Waals surface area contributed by atoms with E-state index in [-0.39, 0.29) is 5.03 Å². The molecule has 2 saturated carbocycles. The lowest BCUT2D eigenvalue weighted by molar-refractivity contribution is 0.191. The summed E-state index contributed by atoms with van der Waals surface area (Å²) < 4.78 is 23.9. The van der Waals surface area contributed by atoms with Crippen LogP contribution in [0.15, 0.2) is 11.2 Å². The zero-order chi connectivity index (χ0) is 13.5. The van der Waals surface area contributed by atoms with Crippen molar-refractivity contribution >= 4 is 10.0 Å². The minimum absolute atomic E-state index is 0.141. The van der Waals surface area contributed by atoms with Crippen LogP contribution in [0.5, 0.6) is 0 Å². The van der Waals surface area contributed by atoms with Gasteiger partial charge in [0.2, 0.25) is 5.03 Å². The first-order valence-electron chi connectivity index (χ1n) is 6.93. The zero-order valence-corrected chi connectivity index (χ0v) is 11.8. The molecule has 1 atom stereocenters. The van der Waals surface area contributed by atoms with Gasteiger partial charge < -0.3 is 0 Å². The van der Waals surface area contributed by atoms with Gasteiger partial charge in [-0.2, -0.15) is 0 Å². The Morgan fingerprint density at radius 2 is 2.16 bits per heavy atom. The molecule has 0 radical (unpaired) electrons. The molecule has 2 aliphatic carbocycles. The molecule has 106 valence electrons. The summed E-state index contributed by atoms with van der Waals surface area (Å²) in [6, 6.07) is 0. The highest BCUT2D eigenvalue weighted by molar-refractivity contribution is 7.89. The van der Waals surface area contributed by atoms with Crippen molar-refractivity contribution in [3.63, 3.8) is 0 Å². The van der Waals surface area contributed by atoms with Crippen LogP contribution in [0.25, 0.3) is 0 Å². The van der Waals surface area contributed by atoms with Crippen LogP contribution in [0, 0.1) is 11.3 Å². The predicted molar refractivity (Wildman–Crippen MR) is 69.6 cm³/mol. The summed E-state index contributed by atoms with van der Waals surface area (Å²) in [6.07, 6.45) is 10.6. The smallest absolute Gasteiger partial charge is 0.251 e. The van der Waals surface area contributed by atoms with Gasteiger partial charge in [0.05, 0.1) is 6.20 Å². The number of aromatic nitrogens is 3. The normalized spacial score (nSPS) is 25.6. The Kier molecular flexibility index (Phi) is 3.13. The fourth-order valence-electron chi connectivity index (χ4n) is 3.46.